The molecule has 1 fully saturated rings. The second-order valence-corrected chi connectivity index (χ2v) is 6.05. The van der Waals surface area contributed by atoms with Crippen molar-refractivity contribution in [1.29, 1.82) is 0 Å². The summed E-state index contributed by atoms with van der Waals surface area (Å²) < 4.78 is 0. The second kappa shape index (κ2) is 6.80. The Morgan fingerprint density at radius 3 is 3.18 bits per heavy atom. The van der Waals surface area contributed by atoms with Gasteiger partial charge in [-0.1, -0.05) is 0 Å². The van der Waals surface area contributed by atoms with E-state index in [1.165, 1.54) is 11.3 Å². The van der Waals surface area contributed by atoms with Gasteiger partial charge in [-0.05, 0) is 25.0 Å². The van der Waals surface area contributed by atoms with Crippen LogP contribution >= 0.6 is 11.3 Å². The molecule has 0 bridgehead atoms. The summed E-state index contributed by atoms with van der Waals surface area (Å²) in [6.45, 7) is 1.87. The lowest BCUT2D eigenvalue weighted by Gasteiger charge is -2.25. The van der Waals surface area contributed by atoms with Gasteiger partial charge in [-0.3, -0.25) is 4.79 Å². The molecule has 22 heavy (non-hydrogen) atoms. The van der Waals surface area contributed by atoms with Crippen LogP contribution in [-0.4, -0.2) is 40.2 Å². The Labute approximate surface area is 132 Å². The first-order valence-electron chi connectivity index (χ1n) is 7.25. The zero-order chi connectivity index (χ0) is 15.4. The number of anilines is 1. The molecule has 0 saturated carbocycles. The van der Waals surface area contributed by atoms with E-state index in [4.69, 9.17) is 5.73 Å². The molecule has 8 heteroatoms. The number of nitrogens with two attached hydrogens (primary N) is 1. The van der Waals surface area contributed by atoms with E-state index >= 15 is 0 Å². The number of aromatic nitrogens is 3. The fourth-order valence-corrected chi connectivity index (χ4v) is 3.26. The van der Waals surface area contributed by atoms with Gasteiger partial charge in [-0.15, -0.1) is 16.4 Å². The summed E-state index contributed by atoms with van der Waals surface area (Å²) in [4.78, 5) is 18.5. The lowest BCUT2D eigenvalue weighted by atomic mass is 10.2. The Hall–Kier alpha value is -2.06. The van der Waals surface area contributed by atoms with E-state index in [9.17, 15) is 4.79 Å². The number of rotatable bonds is 5. The fourth-order valence-electron chi connectivity index (χ4n) is 2.61. The Morgan fingerprint density at radius 1 is 1.55 bits per heavy atom. The molecule has 3 heterocycles. The number of nitrogens with zero attached hydrogens (tertiary/aromatic N) is 4. The summed E-state index contributed by atoms with van der Waals surface area (Å²) in [6, 6.07) is 4.06. The predicted octanol–water partition coefficient (Wildman–Crippen LogP) is 0.791. The minimum Gasteiger partial charge on any atom is -0.350 e. The van der Waals surface area contributed by atoms with Crippen molar-refractivity contribution in [3.63, 3.8) is 0 Å². The molecule has 3 rings (SSSR count). The van der Waals surface area contributed by atoms with Gasteiger partial charge in [-0.25, -0.2) is 4.98 Å². The molecule has 1 saturated heterocycles. The number of carbonyl (C=O) groups excluding carboxylic acids is 1. The molecular weight excluding hydrogens is 300 g/mol. The van der Waals surface area contributed by atoms with Crippen molar-refractivity contribution in [2.24, 2.45) is 5.73 Å². The Kier molecular flexibility index (Phi) is 4.59. The van der Waals surface area contributed by atoms with Crippen molar-refractivity contribution in [3.8, 4) is 0 Å². The van der Waals surface area contributed by atoms with Crippen molar-refractivity contribution in [1.82, 2.24) is 20.5 Å². The van der Waals surface area contributed by atoms with Crippen molar-refractivity contribution < 1.29 is 4.79 Å². The largest absolute Gasteiger partial charge is 0.350 e. The van der Waals surface area contributed by atoms with E-state index in [1.807, 2.05) is 12.1 Å². The average molecular weight is 318 g/mol. The van der Waals surface area contributed by atoms with Crippen LogP contribution in [0.3, 0.4) is 0 Å². The quantitative estimate of drug-likeness (QED) is 0.846. The van der Waals surface area contributed by atoms with Gasteiger partial charge in [-0.2, -0.15) is 5.10 Å². The maximum atomic E-state index is 12.1. The number of hydrogen-bond acceptors (Lipinski definition) is 7. The molecule has 1 aliphatic heterocycles. The van der Waals surface area contributed by atoms with E-state index in [2.05, 4.69) is 25.4 Å². The van der Waals surface area contributed by atoms with Gasteiger partial charge >= 0.3 is 0 Å². The minimum absolute atomic E-state index is 0.151. The highest BCUT2D eigenvalue weighted by molar-refractivity contribution is 7.09. The van der Waals surface area contributed by atoms with Gasteiger partial charge in [0.2, 0.25) is 0 Å². The molecule has 7 nitrogen and oxygen atoms in total. The van der Waals surface area contributed by atoms with E-state index in [0.717, 1.165) is 30.2 Å². The lowest BCUT2D eigenvalue weighted by Crippen LogP contribution is -2.40. The summed E-state index contributed by atoms with van der Waals surface area (Å²) in [5.74, 6) is 0.709. The SMILES string of the molecule is NCc1nc(C(=O)NCC2CCCN2c2cccnn2)cs1. The second-order valence-electron chi connectivity index (χ2n) is 5.11. The molecule has 0 aromatic carbocycles. The summed E-state index contributed by atoms with van der Waals surface area (Å²) in [7, 11) is 0. The van der Waals surface area contributed by atoms with E-state index in [-0.39, 0.29) is 11.9 Å². The van der Waals surface area contributed by atoms with Crippen molar-refractivity contribution in [3.05, 3.63) is 34.4 Å². The third-order valence-corrected chi connectivity index (χ3v) is 4.56. The number of carbonyl (C=O) groups is 1. The van der Waals surface area contributed by atoms with Crippen LogP contribution in [0.5, 0.6) is 0 Å². The van der Waals surface area contributed by atoms with Gasteiger partial charge in [0.1, 0.15) is 10.7 Å². The van der Waals surface area contributed by atoms with Crippen LogP contribution in [0.1, 0.15) is 28.3 Å². The van der Waals surface area contributed by atoms with Gasteiger partial charge in [0.25, 0.3) is 5.91 Å². The monoisotopic (exact) mass is 318 g/mol. The van der Waals surface area contributed by atoms with E-state index in [1.54, 1.807) is 11.6 Å². The first-order valence-corrected chi connectivity index (χ1v) is 8.13. The van der Waals surface area contributed by atoms with Crippen LogP contribution in [0, 0.1) is 0 Å². The summed E-state index contributed by atoms with van der Waals surface area (Å²) in [5.41, 5.74) is 5.96. The number of amides is 1. The van der Waals surface area contributed by atoms with Crippen LogP contribution < -0.4 is 16.0 Å². The van der Waals surface area contributed by atoms with Gasteiger partial charge in [0, 0.05) is 37.3 Å². The zero-order valence-corrected chi connectivity index (χ0v) is 12.9. The molecule has 1 aliphatic rings. The Balaban J connectivity index is 1.59. The third-order valence-electron chi connectivity index (χ3n) is 3.69. The molecule has 116 valence electrons. The van der Waals surface area contributed by atoms with E-state index < -0.39 is 0 Å². The summed E-state index contributed by atoms with van der Waals surface area (Å²) >= 11 is 1.41. The first kappa shape index (κ1) is 14.9. The molecule has 2 aromatic heterocycles. The topological polar surface area (TPSA) is 97.0 Å². The molecule has 1 amide bonds. The average Bonchev–Trinajstić information content (AvgIpc) is 3.22. The number of hydrogen-bond donors (Lipinski definition) is 2. The van der Waals surface area contributed by atoms with Crippen LogP contribution in [0.15, 0.2) is 23.7 Å². The molecular formula is C14H18N6OS. The molecule has 0 aliphatic carbocycles. The molecule has 1 atom stereocenters. The normalized spacial score (nSPS) is 17.7. The molecule has 0 spiro atoms. The lowest BCUT2D eigenvalue weighted by molar-refractivity contribution is 0.0947. The van der Waals surface area contributed by atoms with Crippen molar-refractivity contribution >= 4 is 23.1 Å². The molecule has 2 aromatic rings. The van der Waals surface area contributed by atoms with Crippen molar-refractivity contribution in [2.75, 3.05) is 18.0 Å². The maximum absolute atomic E-state index is 12.1. The zero-order valence-electron chi connectivity index (χ0n) is 12.1. The summed E-state index contributed by atoms with van der Waals surface area (Å²) in [6.07, 6.45) is 3.78. The number of thiazole rings is 1. The number of nitrogens with one attached hydrogen (secondary N) is 1. The molecule has 1 unspecified atom stereocenters. The van der Waals surface area contributed by atoms with Crippen LogP contribution in [0.4, 0.5) is 5.82 Å². The van der Waals surface area contributed by atoms with Crippen LogP contribution in [0.25, 0.3) is 0 Å². The molecule has 3 N–H and O–H groups in total. The Morgan fingerprint density at radius 2 is 2.45 bits per heavy atom. The highest BCUT2D eigenvalue weighted by Crippen LogP contribution is 2.22. The van der Waals surface area contributed by atoms with Gasteiger partial charge in [0.15, 0.2) is 5.82 Å². The minimum atomic E-state index is -0.151. The predicted molar refractivity (Wildman–Crippen MR) is 84.7 cm³/mol. The van der Waals surface area contributed by atoms with Gasteiger partial charge < -0.3 is 16.0 Å². The van der Waals surface area contributed by atoms with Crippen LogP contribution in [0.2, 0.25) is 0 Å². The fraction of sp³-hybridized carbons (Fsp3) is 0.429. The molecule has 0 radical (unpaired) electrons. The standard InChI is InChI=1S/C14H18N6OS/c15-7-13-18-11(9-22-13)14(21)16-8-10-3-2-6-20(10)12-4-1-5-17-19-12/h1,4-5,9-10H,2-3,6-8,15H2,(H,16,21). The Bertz CT molecular complexity index is 631. The smallest absolute Gasteiger partial charge is 0.270 e. The van der Waals surface area contributed by atoms with E-state index in [0.29, 0.717) is 18.8 Å². The first-order chi connectivity index (χ1) is 10.8. The third kappa shape index (κ3) is 3.23. The van der Waals surface area contributed by atoms with Crippen LogP contribution in [-0.2, 0) is 6.54 Å². The summed E-state index contributed by atoms with van der Waals surface area (Å²) in [5, 5.41) is 13.5. The van der Waals surface area contributed by atoms with Crippen molar-refractivity contribution in [2.45, 2.75) is 25.4 Å². The van der Waals surface area contributed by atoms with Gasteiger partial charge in [0.05, 0.1) is 0 Å². The highest BCUT2D eigenvalue weighted by Gasteiger charge is 2.26. The maximum Gasteiger partial charge on any atom is 0.270 e. The highest BCUT2D eigenvalue weighted by atomic mass is 32.1.